The van der Waals surface area contributed by atoms with Crippen LogP contribution in [0.1, 0.15) is 145 Å². The molecule has 10 rings (SSSR count). The number of halogens is 12. The Labute approximate surface area is 501 Å². The van der Waals surface area contributed by atoms with E-state index in [1.807, 2.05) is 0 Å². The van der Waals surface area contributed by atoms with Crippen LogP contribution in [0.3, 0.4) is 0 Å². The number of benzene rings is 4. The molecule has 0 radical (unpaired) electrons. The monoisotopic (exact) mass is 1260 g/mol. The number of hydrogen-bond donors (Lipinski definition) is 2. The molecule has 0 unspecified atom stereocenters. The fourth-order valence-electron chi connectivity index (χ4n) is 12.4. The molecule has 4 aliphatic heterocycles. The Bertz CT molecular complexity index is 2850. The first-order chi connectivity index (χ1) is 39.7. The molecule has 6 aliphatic rings. The van der Waals surface area contributed by atoms with Crippen LogP contribution in [0.25, 0.3) is 0 Å². The van der Waals surface area contributed by atoms with Crippen LogP contribution < -0.4 is 9.47 Å². The van der Waals surface area contributed by atoms with Crippen molar-refractivity contribution in [2.75, 3.05) is 52.5 Å². The normalized spacial score (nSPS) is 22.8. The molecule has 2 amide bonds. The Morgan fingerprint density at radius 3 is 1.11 bits per heavy atom. The zero-order chi connectivity index (χ0) is 60.7. The van der Waals surface area contributed by atoms with Gasteiger partial charge < -0.3 is 29.5 Å². The highest BCUT2D eigenvalue weighted by Gasteiger charge is 2.48. The van der Waals surface area contributed by atoms with Crippen molar-refractivity contribution >= 4 is 70.2 Å². The zero-order valence-corrected chi connectivity index (χ0v) is 49.0. The molecule has 2 N–H and O–H groups in total. The van der Waals surface area contributed by atoms with Gasteiger partial charge in [-0.3, -0.25) is 19.4 Å². The standard InChI is InChI=1S/2C30H32Cl2F4N2O4/c2*1-16-4-9-38(26(16)29(40)41)28(39)23-13-22(18-2-3-18)25(14-24(23)33)42-15-17-5-7-37(8-6-17)27(30(34,35)36)19-10-20(31)12-21(32)11-19/h2*10-14,16-18,26-27H,2-9,15H2,1H3,(H,40,41)/t16-,26-,27+;16-,26-,27-/m00/s1. The third-order valence-electron chi connectivity index (χ3n) is 17.1. The molecule has 6 fully saturated rings. The van der Waals surface area contributed by atoms with Crippen LogP contribution in [0, 0.1) is 35.3 Å². The lowest BCUT2D eigenvalue weighted by molar-refractivity contribution is -0.190. The molecular formula is C60H64Cl4F8N4O8. The number of carbonyl (C=O) groups excluding carboxylic acids is 2. The Balaban J connectivity index is 0.000000202. The number of piperidine rings is 2. The van der Waals surface area contributed by atoms with Gasteiger partial charge in [-0.25, -0.2) is 18.4 Å². The van der Waals surface area contributed by atoms with E-state index in [-0.39, 0.29) is 130 Å². The van der Waals surface area contributed by atoms with Crippen molar-refractivity contribution in [1.29, 1.82) is 0 Å². The van der Waals surface area contributed by atoms with Crippen LogP contribution in [0.15, 0.2) is 60.7 Å². The van der Waals surface area contributed by atoms with Crippen LogP contribution in [0.2, 0.25) is 20.1 Å². The Hall–Kier alpha value is -5.12. The summed E-state index contributed by atoms with van der Waals surface area (Å²) in [5, 5.41) is 19.7. The number of likely N-dealkylation sites (tertiary alicyclic amines) is 4. The van der Waals surface area contributed by atoms with Gasteiger partial charge in [0.25, 0.3) is 11.8 Å². The highest BCUT2D eigenvalue weighted by atomic mass is 35.5. The van der Waals surface area contributed by atoms with Crippen molar-refractivity contribution in [3.05, 3.63) is 126 Å². The molecule has 4 saturated heterocycles. The minimum Gasteiger partial charge on any atom is -0.493 e. The fourth-order valence-corrected chi connectivity index (χ4v) is 13.5. The average Bonchev–Trinajstić information content (AvgIpc) is 1.94. The first-order valence-corrected chi connectivity index (χ1v) is 29.7. The summed E-state index contributed by atoms with van der Waals surface area (Å²) < 4.78 is 127. The largest absolute Gasteiger partial charge is 0.493 e. The number of carboxylic acids is 2. The second kappa shape index (κ2) is 26.1. The number of ether oxygens (including phenoxy) is 2. The highest BCUT2D eigenvalue weighted by Crippen LogP contribution is 2.48. The third kappa shape index (κ3) is 14.8. The first-order valence-electron chi connectivity index (χ1n) is 28.2. The fraction of sp³-hybridized carbons (Fsp3) is 0.533. The maximum atomic E-state index is 15.3. The van der Waals surface area contributed by atoms with Gasteiger partial charge >= 0.3 is 24.3 Å². The third-order valence-corrected chi connectivity index (χ3v) is 18.0. The van der Waals surface area contributed by atoms with Crippen molar-refractivity contribution < 1.29 is 74.0 Å². The van der Waals surface area contributed by atoms with Crippen LogP contribution in [-0.2, 0) is 9.59 Å². The van der Waals surface area contributed by atoms with Gasteiger partial charge in [-0.15, -0.1) is 0 Å². The molecule has 12 nitrogen and oxygen atoms in total. The summed E-state index contributed by atoms with van der Waals surface area (Å²) in [7, 11) is 0. The Morgan fingerprint density at radius 1 is 0.500 bits per heavy atom. The van der Waals surface area contributed by atoms with Crippen molar-refractivity contribution in [3.63, 3.8) is 0 Å². The molecular weight excluding hydrogens is 1200 g/mol. The average molecular weight is 1260 g/mol. The minimum absolute atomic E-state index is 0.00745. The molecule has 24 heteroatoms. The summed E-state index contributed by atoms with van der Waals surface area (Å²) in [6.45, 7) is 5.12. The summed E-state index contributed by atoms with van der Waals surface area (Å²) in [4.78, 5) is 55.1. The molecule has 456 valence electrons. The van der Waals surface area contributed by atoms with E-state index in [9.17, 15) is 55.7 Å². The number of alkyl halides is 6. The summed E-state index contributed by atoms with van der Waals surface area (Å²) in [6, 6.07) is 7.60. The van der Waals surface area contributed by atoms with E-state index in [1.165, 1.54) is 80.3 Å². The number of amides is 2. The van der Waals surface area contributed by atoms with E-state index in [0.29, 0.717) is 61.2 Å². The van der Waals surface area contributed by atoms with E-state index in [4.69, 9.17) is 55.9 Å². The van der Waals surface area contributed by atoms with E-state index in [1.54, 1.807) is 13.8 Å². The van der Waals surface area contributed by atoms with E-state index < -0.39 is 71.9 Å². The molecule has 0 aromatic heterocycles. The topological polar surface area (TPSA) is 140 Å². The Kier molecular flexibility index (Phi) is 19.7. The van der Waals surface area contributed by atoms with E-state index in [0.717, 1.165) is 25.7 Å². The van der Waals surface area contributed by atoms with Gasteiger partial charge in [-0.05, 0) is 197 Å². The first kappa shape index (κ1) is 63.4. The Morgan fingerprint density at radius 2 is 0.821 bits per heavy atom. The number of rotatable bonds is 16. The second-order valence-corrected chi connectivity index (χ2v) is 25.0. The number of nitrogens with zero attached hydrogens (tertiary/aromatic N) is 4. The maximum Gasteiger partial charge on any atom is 0.408 e. The summed E-state index contributed by atoms with van der Waals surface area (Å²) >= 11 is 23.9. The number of hydrogen-bond acceptors (Lipinski definition) is 8. The molecule has 0 spiro atoms. The molecule has 0 bridgehead atoms. The van der Waals surface area contributed by atoms with Gasteiger partial charge in [-0.1, -0.05) is 60.3 Å². The van der Waals surface area contributed by atoms with Gasteiger partial charge in [0.2, 0.25) is 0 Å². The summed E-state index contributed by atoms with van der Waals surface area (Å²) in [5.41, 5.74) is 1.05. The van der Waals surface area contributed by atoms with Gasteiger partial charge in [0.1, 0.15) is 47.3 Å². The molecule has 84 heavy (non-hydrogen) atoms. The van der Waals surface area contributed by atoms with Crippen LogP contribution in [0.4, 0.5) is 35.1 Å². The minimum atomic E-state index is -4.52. The second-order valence-electron chi connectivity index (χ2n) is 23.3. The highest BCUT2D eigenvalue weighted by molar-refractivity contribution is 6.35. The molecule has 4 aromatic carbocycles. The molecule has 2 saturated carbocycles. The lowest BCUT2D eigenvalue weighted by Gasteiger charge is -2.38. The molecule has 4 aromatic rings. The molecule has 2 aliphatic carbocycles. The maximum absolute atomic E-state index is 15.3. The van der Waals surface area contributed by atoms with Gasteiger partial charge in [-0.2, -0.15) is 26.3 Å². The van der Waals surface area contributed by atoms with Crippen molar-refractivity contribution in [3.8, 4) is 11.5 Å². The van der Waals surface area contributed by atoms with Gasteiger partial charge in [0.05, 0.1) is 24.3 Å². The smallest absolute Gasteiger partial charge is 0.408 e. The van der Waals surface area contributed by atoms with Crippen molar-refractivity contribution in [1.82, 2.24) is 19.6 Å². The van der Waals surface area contributed by atoms with Gasteiger partial charge in [0, 0.05) is 45.3 Å². The zero-order valence-electron chi connectivity index (χ0n) is 45.9. The van der Waals surface area contributed by atoms with Crippen LogP contribution in [-0.4, -0.2) is 130 Å². The summed E-state index contributed by atoms with van der Waals surface area (Å²) in [5.74, 6) is -4.79. The summed E-state index contributed by atoms with van der Waals surface area (Å²) in [6.07, 6.45) is -2.77. The van der Waals surface area contributed by atoms with Crippen LogP contribution >= 0.6 is 46.4 Å². The lowest BCUT2D eigenvalue weighted by atomic mass is 9.94. The number of carboxylic acid groups (broad SMARTS) is 2. The van der Waals surface area contributed by atoms with E-state index >= 15 is 8.78 Å². The number of aliphatic carboxylic acids is 2. The molecule has 6 atom stereocenters. The quantitative estimate of drug-likeness (QED) is 0.104. The van der Waals surface area contributed by atoms with Crippen LogP contribution in [0.5, 0.6) is 11.5 Å². The van der Waals surface area contributed by atoms with Crippen molar-refractivity contribution in [2.45, 2.75) is 126 Å². The van der Waals surface area contributed by atoms with Gasteiger partial charge in [0.15, 0.2) is 0 Å². The van der Waals surface area contributed by atoms with E-state index in [2.05, 4.69) is 0 Å². The predicted octanol–water partition coefficient (Wildman–Crippen LogP) is 14.7. The lowest BCUT2D eigenvalue weighted by Crippen LogP contribution is -2.44. The molecule has 4 heterocycles. The number of carbonyl (C=O) groups is 4. The SMILES string of the molecule is C[C@H]1CCN(C(=O)c2cc(C3CC3)c(OCC3CCN([C@@H](c4cc(Cl)cc(Cl)c4)C(F)(F)F)CC3)cc2F)[C@@H]1C(=O)O.C[C@H]1CCN(C(=O)c2cc(C3CC3)c(OCC3CCN([C@H](c4cc(Cl)cc(Cl)c4)C(F)(F)F)CC3)cc2F)[C@@H]1C(=O)O. The predicted molar refractivity (Wildman–Crippen MR) is 299 cm³/mol. The van der Waals surface area contributed by atoms with Crippen molar-refractivity contribution in [2.24, 2.45) is 23.7 Å².